The molecule has 4 amide bonds. The van der Waals surface area contributed by atoms with Crippen molar-refractivity contribution in [3.63, 3.8) is 0 Å². The molecule has 0 saturated heterocycles. The van der Waals surface area contributed by atoms with Crippen molar-refractivity contribution in [3.05, 3.63) is 0 Å². The summed E-state index contributed by atoms with van der Waals surface area (Å²) in [4.78, 5) is 75.1. The van der Waals surface area contributed by atoms with Crippen molar-refractivity contribution in [2.24, 2.45) is 27.9 Å². The first kappa shape index (κ1) is 32.0. The van der Waals surface area contributed by atoms with Crippen LogP contribution < -0.4 is 38.9 Å². The third kappa shape index (κ3) is 13.0. The maximum atomic E-state index is 12.8. The number of carboxylic acid groups (broad SMARTS) is 2. The number of carboxylic acids is 2. The number of nitrogens with zero attached hydrogens (tertiary/aromatic N) is 1. The van der Waals surface area contributed by atoms with E-state index in [9.17, 15) is 33.9 Å². The zero-order valence-corrected chi connectivity index (χ0v) is 19.7. The lowest BCUT2D eigenvalue weighted by atomic mass is 10.1. The van der Waals surface area contributed by atoms with Crippen molar-refractivity contribution in [3.8, 4) is 0 Å². The Labute approximate surface area is 206 Å². The maximum absolute atomic E-state index is 12.8. The number of aliphatic imine (C=N–C) groups is 1. The van der Waals surface area contributed by atoms with Gasteiger partial charge in [0.15, 0.2) is 12.0 Å². The molecule has 36 heavy (non-hydrogen) atoms. The highest BCUT2D eigenvalue weighted by Crippen LogP contribution is 2.04. The van der Waals surface area contributed by atoms with Crippen LogP contribution in [0.3, 0.4) is 0 Å². The second-order valence-electron chi connectivity index (χ2n) is 7.85. The smallest absolute Gasteiger partial charge is 0.328 e. The minimum Gasteiger partial charge on any atom is -0.481 e. The van der Waals surface area contributed by atoms with Crippen LogP contribution in [0.2, 0.25) is 0 Å². The molecule has 0 fully saturated rings. The van der Waals surface area contributed by atoms with E-state index in [1.807, 2.05) is 5.32 Å². The van der Waals surface area contributed by atoms with Gasteiger partial charge in [-0.15, -0.1) is 0 Å². The fraction of sp³-hybridized carbons (Fsp3) is 0.632. The minimum absolute atomic E-state index is 0.132. The predicted molar refractivity (Wildman–Crippen MR) is 124 cm³/mol. The first-order valence-corrected chi connectivity index (χ1v) is 10.8. The number of amides is 4. The first-order chi connectivity index (χ1) is 16.6. The van der Waals surface area contributed by atoms with E-state index in [-0.39, 0.29) is 31.8 Å². The summed E-state index contributed by atoms with van der Waals surface area (Å²) in [7, 11) is 0. The molecule has 0 aliphatic carbocycles. The zero-order chi connectivity index (χ0) is 28.0. The number of hydrogen-bond donors (Lipinski definition) is 10. The Morgan fingerprint density at radius 3 is 1.89 bits per heavy atom. The van der Waals surface area contributed by atoms with Gasteiger partial charge in [-0.05, 0) is 26.2 Å². The van der Waals surface area contributed by atoms with E-state index in [4.69, 9.17) is 33.1 Å². The topological polar surface area (TPSA) is 316 Å². The van der Waals surface area contributed by atoms with Gasteiger partial charge in [0.05, 0.1) is 18.6 Å². The lowest BCUT2D eigenvalue weighted by molar-refractivity contribution is -0.146. The number of nitrogens with one attached hydrogen (secondary N) is 3. The van der Waals surface area contributed by atoms with E-state index in [1.165, 1.54) is 0 Å². The Balaban J connectivity index is 5.49. The Morgan fingerprint density at radius 2 is 1.42 bits per heavy atom. The molecule has 0 aliphatic heterocycles. The van der Waals surface area contributed by atoms with E-state index in [0.717, 1.165) is 6.92 Å². The third-order valence-electron chi connectivity index (χ3n) is 4.67. The van der Waals surface area contributed by atoms with Gasteiger partial charge in [0.1, 0.15) is 12.1 Å². The van der Waals surface area contributed by atoms with Crippen LogP contribution in [-0.4, -0.2) is 93.7 Å². The second-order valence-corrected chi connectivity index (χ2v) is 7.85. The maximum Gasteiger partial charge on any atom is 0.328 e. The summed E-state index contributed by atoms with van der Waals surface area (Å²) in [6.07, 6.45) is -2.68. The van der Waals surface area contributed by atoms with Crippen LogP contribution in [0, 0.1) is 0 Å². The van der Waals surface area contributed by atoms with Gasteiger partial charge >= 0.3 is 11.9 Å². The van der Waals surface area contributed by atoms with E-state index in [0.29, 0.717) is 6.42 Å². The van der Waals surface area contributed by atoms with Gasteiger partial charge in [-0.25, -0.2) is 4.79 Å². The molecule has 0 aromatic carbocycles. The molecule has 0 bridgehead atoms. The molecule has 14 N–H and O–H groups in total. The van der Waals surface area contributed by atoms with Crippen molar-refractivity contribution in [2.45, 2.75) is 69.3 Å². The van der Waals surface area contributed by atoms with Crippen LogP contribution in [0.25, 0.3) is 0 Å². The van der Waals surface area contributed by atoms with E-state index in [2.05, 4.69) is 15.6 Å². The van der Waals surface area contributed by atoms with Gasteiger partial charge in [-0.1, -0.05) is 0 Å². The quantitative estimate of drug-likeness (QED) is 0.0491. The number of primary amides is 1. The highest BCUT2D eigenvalue weighted by molar-refractivity contribution is 5.95. The number of guanidine groups is 1. The molecular formula is C19H34N8O9. The largest absolute Gasteiger partial charge is 0.481 e. The molecule has 0 spiro atoms. The number of aliphatic hydroxyl groups is 1. The number of nitrogens with two attached hydrogens (primary N) is 4. The molecule has 0 heterocycles. The minimum atomic E-state index is -1.78. The Hall–Kier alpha value is -3.99. The average Bonchev–Trinajstić information content (AvgIpc) is 2.75. The summed E-state index contributed by atoms with van der Waals surface area (Å²) in [6.45, 7) is 1.28. The van der Waals surface area contributed by atoms with E-state index in [1.54, 1.807) is 0 Å². The summed E-state index contributed by atoms with van der Waals surface area (Å²) >= 11 is 0. The summed E-state index contributed by atoms with van der Waals surface area (Å²) in [5.41, 5.74) is 21.3. The summed E-state index contributed by atoms with van der Waals surface area (Å²) < 4.78 is 0. The second kappa shape index (κ2) is 15.8. The molecule has 5 atom stereocenters. The standard InChI is InChI=1S/C19H34N8O9/c1-8(28)14(18(35)36)27-17(34)11(7-13(30)31)26-16(33)10(4-5-12(21)29)25-15(32)9(20)3-2-6-24-19(22)23/h8-11,14,28H,2-7,20H2,1H3,(H2,21,29)(H,25,32)(H,26,33)(H,27,34)(H,30,31)(H,35,36)(H4,22,23,24). The lowest BCUT2D eigenvalue weighted by Gasteiger charge is -2.25. The van der Waals surface area contributed by atoms with Crippen LogP contribution in [-0.2, 0) is 28.8 Å². The van der Waals surface area contributed by atoms with Gasteiger partial charge in [0.25, 0.3) is 0 Å². The van der Waals surface area contributed by atoms with Gasteiger partial charge in [0.2, 0.25) is 23.6 Å². The number of rotatable bonds is 17. The van der Waals surface area contributed by atoms with Crippen molar-refractivity contribution >= 4 is 41.5 Å². The highest BCUT2D eigenvalue weighted by atomic mass is 16.4. The summed E-state index contributed by atoms with van der Waals surface area (Å²) in [5.74, 6) is -7.11. The monoisotopic (exact) mass is 518 g/mol. The van der Waals surface area contributed by atoms with Crippen molar-refractivity contribution in [1.29, 1.82) is 0 Å². The fourth-order valence-electron chi connectivity index (χ4n) is 2.78. The molecule has 5 unspecified atom stereocenters. The number of aliphatic hydroxyl groups excluding tert-OH is 1. The number of carbonyl (C=O) groups is 6. The number of aliphatic carboxylic acids is 2. The SMILES string of the molecule is CC(O)C(NC(=O)C(CC(=O)O)NC(=O)C(CCC(N)=O)NC(=O)C(N)CCCN=C(N)N)C(=O)O. The van der Waals surface area contributed by atoms with Crippen molar-refractivity contribution in [2.75, 3.05) is 6.54 Å². The first-order valence-electron chi connectivity index (χ1n) is 10.8. The third-order valence-corrected chi connectivity index (χ3v) is 4.67. The number of hydrogen-bond acceptors (Lipinski definition) is 9. The van der Waals surface area contributed by atoms with Crippen LogP contribution in [0.1, 0.15) is 39.0 Å². The fourth-order valence-corrected chi connectivity index (χ4v) is 2.78. The zero-order valence-electron chi connectivity index (χ0n) is 19.7. The van der Waals surface area contributed by atoms with E-state index < -0.39 is 72.3 Å². The normalized spacial score (nSPS) is 14.8. The lowest BCUT2D eigenvalue weighted by Crippen LogP contribution is -2.58. The van der Waals surface area contributed by atoms with Crippen LogP contribution >= 0.6 is 0 Å². The average molecular weight is 519 g/mol. The highest BCUT2D eigenvalue weighted by Gasteiger charge is 2.33. The van der Waals surface area contributed by atoms with Gasteiger partial charge in [-0.3, -0.25) is 29.0 Å². The van der Waals surface area contributed by atoms with Crippen LogP contribution in [0.4, 0.5) is 0 Å². The van der Waals surface area contributed by atoms with Gasteiger partial charge in [-0.2, -0.15) is 0 Å². The van der Waals surface area contributed by atoms with Gasteiger partial charge in [0, 0.05) is 13.0 Å². The molecule has 0 saturated carbocycles. The summed E-state index contributed by atoms with van der Waals surface area (Å²) in [5, 5.41) is 34.1. The van der Waals surface area contributed by atoms with Gasteiger partial charge < -0.3 is 54.2 Å². The van der Waals surface area contributed by atoms with Crippen LogP contribution in [0.5, 0.6) is 0 Å². The molecule has 17 nitrogen and oxygen atoms in total. The van der Waals surface area contributed by atoms with Crippen molar-refractivity contribution < 1.29 is 44.1 Å². The molecule has 0 radical (unpaired) electrons. The Kier molecular flexibility index (Phi) is 14.1. The molecule has 0 aromatic rings. The van der Waals surface area contributed by atoms with E-state index >= 15 is 0 Å². The van der Waals surface area contributed by atoms with Crippen LogP contribution in [0.15, 0.2) is 4.99 Å². The molecular weight excluding hydrogens is 484 g/mol. The molecule has 0 aliphatic rings. The number of carbonyl (C=O) groups excluding carboxylic acids is 4. The molecule has 204 valence electrons. The molecule has 17 heteroatoms. The Bertz CT molecular complexity index is 845. The molecule has 0 rings (SSSR count). The molecule has 0 aromatic heterocycles. The summed E-state index contributed by atoms with van der Waals surface area (Å²) in [6, 6.07) is -6.10. The van der Waals surface area contributed by atoms with Crippen molar-refractivity contribution in [1.82, 2.24) is 16.0 Å². The predicted octanol–water partition coefficient (Wildman–Crippen LogP) is -4.97. The Morgan fingerprint density at radius 1 is 0.861 bits per heavy atom.